The molecule has 0 aliphatic heterocycles. The zero-order valence-electron chi connectivity index (χ0n) is 12.4. The van der Waals surface area contributed by atoms with Gasteiger partial charge in [-0.15, -0.1) is 0 Å². The summed E-state index contributed by atoms with van der Waals surface area (Å²) in [5, 5.41) is 0.627. The predicted molar refractivity (Wildman–Crippen MR) is 79.5 cm³/mol. The maximum Gasteiger partial charge on any atom is 0.323 e. The molecule has 1 atom stereocenters. The average Bonchev–Trinajstić information content (AvgIpc) is 2.70. The monoisotopic (exact) mass is 310 g/mol. The number of sulfonamides is 1. The number of hydrogen-bond donors (Lipinski definition) is 1. The maximum absolute atomic E-state index is 12.6. The number of esters is 1. The van der Waals surface area contributed by atoms with Crippen molar-refractivity contribution in [1.29, 1.82) is 0 Å². The van der Waals surface area contributed by atoms with Crippen molar-refractivity contribution in [1.82, 2.24) is 9.29 Å². The number of benzene rings is 1. The molecule has 1 aromatic carbocycles. The van der Waals surface area contributed by atoms with Crippen LogP contribution in [0.2, 0.25) is 0 Å². The second-order valence-corrected chi connectivity index (χ2v) is 6.51. The van der Waals surface area contributed by atoms with Gasteiger partial charge in [-0.1, -0.05) is 18.2 Å². The molecule has 0 aliphatic carbocycles. The number of carbonyl (C=O) groups is 1. The van der Waals surface area contributed by atoms with Crippen molar-refractivity contribution < 1.29 is 17.9 Å². The van der Waals surface area contributed by atoms with Gasteiger partial charge in [0.25, 0.3) is 0 Å². The Morgan fingerprint density at radius 3 is 2.57 bits per heavy atom. The van der Waals surface area contributed by atoms with E-state index in [-0.39, 0.29) is 4.90 Å². The fourth-order valence-corrected chi connectivity index (χ4v) is 4.01. The van der Waals surface area contributed by atoms with E-state index in [0.717, 1.165) is 5.52 Å². The first kappa shape index (κ1) is 15.5. The lowest BCUT2D eigenvalue weighted by Gasteiger charge is -2.12. The highest BCUT2D eigenvalue weighted by molar-refractivity contribution is 7.89. The quantitative estimate of drug-likeness (QED) is 0.864. The SMILES string of the molecule is COC(=O)[C@H](C)NS(=O)(=O)c1c(C)n(C)c2ccccc12. The van der Waals surface area contributed by atoms with E-state index in [1.165, 1.54) is 14.0 Å². The minimum absolute atomic E-state index is 0.191. The van der Waals surface area contributed by atoms with Crippen LogP contribution < -0.4 is 4.72 Å². The van der Waals surface area contributed by atoms with Crippen LogP contribution in [0.3, 0.4) is 0 Å². The van der Waals surface area contributed by atoms with Crippen LogP contribution in [0.4, 0.5) is 0 Å². The van der Waals surface area contributed by atoms with E-state index in [2.05, 4.69) is 9.46 Å². The topological polar surface area (TPSA) is 77.4 Å². The normalized spacial score (nSPS) is 13.3. The van der Waals surface area contributed by atoms with E-state index in [1.54, 1.807) is 26.1 Å². The Balaban J connectivity index is 2.56. The molecule has 0 radical (unpaired) electrons. The molecule has 0 bridgehead atoms. The molecular formula is C14H18N2O4S. The van der Waals surface area contributed by atoms with Crippen molar-refractivity contribution in [3.63, 3.8) is 0 Å². The van der Waals surface area contributed by atoms with Gasteiger partial charge in [-0.05, 0) is 19.9 Å². The largest absolute Gasteiger partial charge is 0.468 e. The Hall–Kier alpha value is -1.86. The molecule has 2 aromatic rings. The second kappa shape index (κ2) is 5.50. The van der Waals surface area contributed by atoms with Gasteiger partial charge in [0.2, 0.25) is 10.0 Å². The number of methoxy groups -OCH3 is 1. The number of fused-ring (bicyclic) bond motifs is 1. The highest BCUT2D eigenvalue weighted by Crippen LogP contribution is 2.28. The second-order valence-electron chi connectivity index (χ2n) is 4.86. The van der Waals surface area contributed by atoms with E-state index in [0.29, 0.717) is 11.1 Å². The third kappa shape index (κ3) is 2.66. The molecule has 1 N–H and O–H groups in total. The van der Waals surface area contributed by atoms with Gasteiger partial charge in [0.1, 0.15) is 10.9 Å². The summed E-state index contributed by atoms with van der Waals surface area (Å²) < 4.78 is 33.9. The number of hydrogen-bond acceptors (Lipinski definition) is 4. The molecule has 1 aromatic heterocycles. The van der Waals surface area contributed by atoms with Crippen LogP contribution in [-0.4, -0.2) is 32.1 Å². The van der Waals surface area contributed by atoms with Crippen molar-refractivity contribution in [2.75, 3.05) is 7.11 Å². The van der Waals surface area contributed by atoms with Crippen LogP contribution in [0.5, 0.6) is 0 Å². The lowest BCUT2D eigenvalue weighted by atomic mass is 10.2. The number of nitrogens with one attached hydrogen (secondary N) is 1. The van der Waals surface area contributed by atoms with E-state index in [9.17, 15) is 13.2 Å². The molecule has 0 unspecified atom stereocenters. The van der Waals surface area contributed by atoms with Crippen LogP contribution >= 0.6 is 0 Å². The molecule has 0 spiro atoms. The van der Waals surface area contributed by atoms with Crippen LogP contribution in [-0.2, 0) is 26.6 Å². The molecule has 0 aliphatic rings. The molecule has 6 nitrogen and oxygen atoms in total. The molecular weight excluding hydrogens is 292 g/mol. The number of nitrogens with zero attached hydrogens (tertiary/aromatic N) is 1. The van der Waals surface area contributed by atoms with Gasteiger partial charge in [-0.2, -0.15) is 4.72 Å². The average molecular weight is 310 g/mol. The van der Waals surface area contributed by atoms with E-state index < -0.39 is 22.0 Å². The third-order valence-corrected chi connectivity index (χ3v) is 5.21. The van der Waals surface area contributed by atoms with Gasteiger partial charge in [0.15, 0.2) is 0 Å². The summed E-state index contributed by atoms with van der Waals surface area (Å²) in [6.45, 7) is 3.18. The number of carbonyl (C=O) groups excluding carboxylic acids is 1. The van der Waals surface area contributed by atoms with E-state index in [4.69, 9.17) is 0 Å². The lowest BCUT2D eigenvalue weighted by Crippen LogP contribution is -2.39. The molecule has 0 saturated carbocycles. The van der Waals surface area contributed by atoms with Crippen LogP contribution in [0.15, 0.2) is 29.2 Å². The number of para-hydroxylation sites is 1. The standard InChI is InChI=1S/C14H18N2O4S/c1-9(14(17)20-4)15-21(18,19)13-10(2)16(3)12-8-6-5-7-11(12)13/h5-9,15H,1-4H3/t9-/m0/s1. The number of aryl methyl sites for hydroxylation is 1. The summed E-state index contributed by atoms with van der Waals surface area (Å²) in [6.07, 6.45) is 0. The van der Waals surface area contributed by atoms with Crippen LogP contribution in [0.25, 0.3) is 10.9 Å². The zero-order valence-corrected chi connectivity index (χ0v) is 13.2. The van der Waals surface area contributed by atoms with Crippen molar-refractivity contribution in [2.24, 2.45) is 7.05 Å². The summed E-state index contributed by atoms with van der Waals surface area (Å²) in [4.78, 5) is 11.6. The zero-order chi connectivity index (χ0) is 15.8. The first-order valence-electron chi connectivity index (χ1n) is 6.43. The van der Waals surface area contributed by atoms with Crippen LogP contribution in [0.1, 0.15) is 12.6 Å². The van der Waals surface area contributed by atoms with Gasteiger partial charge >= 0.3 is 5.97 Å². The van der Waals surface area contributed by atoms with E-state index >= 15 is 0 Å². The lowest BCUT2D eigenvalue weighted by molar-refractivity contribution is -0.142. The van der Waals surface area contributed by atoms with Gasteiger partial charge in [0.05, 0.1) is 7.11 Å². The van der Waals surface area contributed by atoms with Crippen molar-refractivity contribution in [2.45, 2.75) is 24.8 Å². The summed E-state index contributed by atoms with van der Waals surface area (Å²) in [7, 11) is -0.798. The van der Waals surface area contributed by atoms with Gasteiger partial charge in [-0.3, -0.25) is 4.79 Å². The number of rotatable bonds is 4. The molecule has 7 heteroatoms. The summed E-state index contributed by atoms with van der Waals surface area (Å²) in [5.74, 6) is -0.628. The molecule has 0 amide bonds. The first-order valence-corrected chi connectivity index (χ1v) is 7.92. The Bertz CT molecular complexity index is 793. The maximum atomic E-state index is 12.6. The van der Waals surface area contributed by atoms with Crippen molar-refractivity contribution in [3.05, 3.63) is 30.0 Å². The highest BCUT2D eigenvalue weighted by Gasteiger charge is 2.27. The van der Waals surface area contributed by atoms with Gasteiger partial charge in [0, 0.05) is 23.6 Å². The Morgan fingerprint density at radius 1 is 1.33 bits per heavy atom. The molecule has 114 valence electrons. The van der Waals surface area contributed by atoms with E-state index in [1.807, 2.05) is 16.7 Å². The molecule has 0 saturated heterocycles. The minimum atomic E-state index is -3.82. The fourth-order valence-electron chi connectivity index (χ4n) is 2.34. The van der Waals surface area contributed by atoms with Crippen molar-refractivity contribution in [3.8, 4) is 0 Å². The fraction of sp³-hybridized carbons (Fsp3) is 0.357. The summed E-state index contributed by atoms with van der Waals surface area (Å²) in [6, 6.07) is 6.29. The predicted octanol–water partition coefficient (Wildman–Crippen LogP) is 1.33. The molecule has 0 fully saturated rings. The van der Waals surface area contributed by atoms with Crippen molar-refractivity contribution >= 4 is 26.9 Å². The van der Waals surface area contributed by atoms with Gasteiger partial charge < -0.3 is 9.30 Å². The minimum Gasteiger partial charge on any atom is -0.468 e. The Labute approximate surface area is 123 Å². The summed E-state index contributed by atoms with van der Waals surface area (Å²) in [5.41, 5.74) is 1.43. The Morgan fingerprint density at radius 2 is 1.95 bits per heavy atom. The number of aromatic nitrogens is 1. The molecule has 21 heavy (non-hydrogen) atoms. The molecule has 1 heterocycles. The third-order valence-electron chi connectivity index (χ3n) is 3.50. The molecule has 2 rings (SSSR count). The Kier molecular flexibility index (Phi) is 4.06. The first-order chi connectivity index (χ1) is 9.79. The van der Waals surface area contributed by atoms with Gasteiger partial charge in [-0.25, -0.2) is 8.42 Å². The number of ether oxygens (including phenoxy) is 1. The summed E-state index contributed by atoms with van der Waals surface area (Å²) >= 11 is 0. The van der Waals surface area contributed by atoms with Crippen LogP contribution in [0, 0.1) is 6.92 Å². The smallest absolute Gasteiger partial charge is 0.323 e. The highest BCUT2D eigenvalue weighted by atomic mass is 32.2.